The molecule has 0 bridgehead atoms. The predicted octanol–water partition coefficient (Wildman–Crippen LogP) is 5.20. The lowest BCUT2D eigenvalue weighted by Gasteiger charge is -2.09. The van der Waals surface area contributed by atoms with Crippen molar-refractivity contribution in [2.45, 2.75) is 32.6 Å². The predicted molar refractivity (Wildman–Crippen MR) is 84.0 cm³/mol. The third kappa shape index (κ3) is 6.71. The van der Waals surface area contributed by atoms with Gasteiger partial charge in [0.25, 0.3) is 0 Å². The molecule has 0 spiro atoms. The Labute approximate surface area is 130 Å². The van der Waals surface area contributed by atoms with E-state index in [1.54, 1.807) is 12.1 Å². The number of ether oxygens (including phenoxy) is 1. The SMILES string of the molecule is CCNCCCCCCOc1cc(Cl)c(Cl)cc1Cl. The van der Waals surface area contributed by atoms with Gasteiger partial charge in [-0.1, -0.05) is 54.6 Å². The molecule has 0 fully saturated rings. The molecule has 0 aliphatic heterocycles. The Morgan fingerprint density at radius 3 is 2.37 bits per heavy atom. The standard InChI is InChI=1S/C14H20Cl3NO/c1-2-18-7-5-3-4-6-8-19-14-10-12(16)11(15)9-13(14)17/h9-10,18H,2-8H2,1H3. The topological polar surface area (TPSA) is 21.3 Å². The summed E-state index contributed by atoms with van der Waals surface area (Å²) in [5, 5.41) is 4.72. The largest absolute Gasteiger partial charge is 0.492 e. The van der Waals surface area contributed by atoms with Crippen LogP contribution in [-0.2, 0) is 0 Å². The van der Waals surface area contributed by atoms with Gasteiger partial charge in [-0.3, -0.25) is 0 Å². The van der Waals surface area contributed by atoms with Gasteiger partial charge in [-0.15, -0.1) is 0 Å². The van der Waals surface area contributed by atoms with E-state index >= 15 is 0 Å². The van der Waals surface area contributed by atoms with Gasteiger partial charge in [0, 0.05) is 6.07 Å². The zero-order valence-electron chi connectivity index (χ0n) is 11.1. The summed E-state index contributed by atoms with van der Waals surface area (Å²) in [6, 6.07) is 3.27. The summed E-state index contributed by atoms with van der Waals surface area (Å²) in [5.41, 5.74) is 0. The van der Waals surface area contributed by atoms with Crippen molar-refractivity contribution >= 4 is 34.8 Å². The van der Waals surface area contributed by atoms with Crippen LogP contribution in [0.4, 0.5) is 0 Å². The second-order valence-corrected chi connectivity index (χ2v) is 5.53. The molecule has 1 aromatic carbocycles. The summed E-state index contributed by atoms with van der Waals surface area (Å²) in [6.45, 7) is 4.91. The highest BCUT2D eigenvalue weighted by molar-refractivity contribution is 6.43. The summed E-state index contributed by atoms with van der Waals surface area (Å²) in [6.07, 6.45) is 4.60. The number of unbranched alkanes of at least 4 members (excludes halogenated alkanes) is 3. The number of halogens is 3. The average molecular weight is 325 g/mol. The molecular formula is C14H20Cl3NO. The van der Waals surface area contributed by atoms with Crippen LogP contribution >= 0.6 is 34.8 Å². The highest BCUT2D eigenvalue weighted by Gasteiger charge is 2.06. The molecular weight excluding hydrogens is 305 g/mol. The summed E-state index contributed by atoms with van der Waals surface area (Å²) in [4.78, 5) is 0. The van der Waals surface area contributed by atoms with Crippen LogP contribution < -0.4 is 10.1 Å². The maximum absolute atomic E-state index is 6.02. The molecule has 2 nitrogen and oxygen atoms in total. The molecule has 1 N–H and O–H groups in total. The van der Waals surface area contributed by atoms with E-state index in [4.69, 9.17) is 39.5 Å². The summed E-state index contributed by atoms with van der Waals surface area (Å²) in [7, 11) is 0. The van der Waals surface area contributed by atoms with E-state index in [1.807, 2.05) is 0 Å². The fourth-order valence-electron chi connectivity index (χ4n) is 1.68. The lowest BCUT2D eigenvalue weighted by atomic mass is 10.2. The van der Waals surface area contributed by atoms with Crippen molar-refractivity contribution in [1.82, 2.24) is 5.32 Å². The first-order valence-electron chi connectivity index (χ1n) is 6.63. The van der Waals surface area contributed by atoms with Gasteiger partial charge in [-0.2, -0.15) is 0 Å². The Balaban J connectivity index is 2.17. The fraction of sp³-hybridized carbons (Fsp3) is 0.571. The van der Waals surface area contributed by atoms with E-state index in [0.29, 0.717) is 27.4 Å². The van der Waals surface area contributed by atoms with Gasteiger partial charge >= 0.3 is 0 Å². The first-order chi connectivity index (χ1) is 9.15. The van der Waals surface area contributed by atoms with Crippen LogP contribution in [0.3, 0.4) is 0 Å². The van der Waals surface area contributed by atoms with Crippen molar-refractivity contribution in [1.29, 1.82) is 0 Å². The van der Waals surface area contributed by atoms with Crippen molar-refractivity contribution in [3.05, 3.63) is 27.2 Å². The molecule has 1 aromatic rings. The Kier molecular flexibility index (Phi) is 8.64. The molecule has 0 amide bonds. The van der Waals surface area contributed by atoms with Crippen LogP contribution in [0, 0.1) is 0 Å². The number of hydrogen-bond acceptors (Lipinski definition) is 2. The second kappa shape index (κ2) is 9.71. The first kappa shape index (κ1) is 16.9. The van der Waals surface area contributed by atoms with Crippen LogP contribution in [0.1, 0.15) is 32.6 Å². The lowest BCUT2D eigenvalue weighted by Crippen LogP contribution is -2.13. The molecule has 0 aliphatic carbocycles. The van der Waals surface area contributed by atoms with Gasteiger partial charge < -0.3 is 10.1 Å². The van der Waals surface area contributed by atoms with E-state index in [0.717, 1.165) is 25.9 Å². The van der Waals surface area contributed by atoms with Gasteiger partial charge in [0.05, 0.1) is 21.7 Å². The van der Waals surface area contributed by atoms with Gasteiger partial charge in [-0.05, 0) is 32.0 Å². The minimum absolute atomic E-state index is 0.447. The lowest BCUT2D eigenvalue weighted by molar-refractivity contribution is 0.304. The van der Waals surface area contributed by atoms with E-state index in [-0.39, 0.29) is 0 Å². The zero-order chi connectivity index (χ0) is 14.1. The van der Waals surface area contributed by atoms with E-state index in [1.165, 1.54) is 12.8 Å². The van der Waals surface area contributed by atoms with Gasteiger partial charge in [-0.25, -0.2) is 0 Å². The fourth-order valence-corrected chi connectivity index (χ4v) is 2.27. The third-order valence-corrected chi connectivity index (χ3v) is 3.75. The van der Waals surface area contributed by atoms with Crippen LogP contribution in [0.25, 0.3) is 0 Å². The normalized spacial score (nSPS) is 10.7. The van der Waals surface area contributed by atoms with Crippen LogP contribution in [-0.4, -0.2) is 19.7 Å². The van der Waals surface area contributed by atoms with Crippen LogP contribution in [0.2, 0.25) is 15.1 Å². The monoisotopic (exact) mass is 323 g/mol. The van der Waals surface area contributed by atoms with Gasteiger partial charge in [0.2, 0.25) is 0 Å². The average Bonchev–Trinajstić information content (AvgIpc) is 2.38. The summed E-state index contributed by atoms with van der Waals surface area (Å²) >= 11 is 17.8. The smallest absolute Gasteiger partial charge is 0.139 e. The van der Waals surface area contributed by atoms with Crippen LogP contribution in [0.5, 0.6) is 5.75 Å². The number of rotatable bonds is 9. The number of hydrogen-bond donors (Lipinski definition) is 1. The Morgan fingerprint density at radius 1 is 0.947 bits per heavy atom. The first-order valence-corrected chi connectivity index (χ1v) is 7.76. The van der Waals surface area contributed by atoms with E-state index in [2.05, 4.69) is 12.2 Å². The molecule has 0 saturated heterocycles. The minimum Gasteiger partial charge on any atom is -0.492 e. The Hall–Kier alpha value is -0.150. The summed E-state index contributed by atoms with van der Waals surface area (Å²) in [5.74, 6) is 0.601. The highest BCUT2D eigenvalue weighted by atomic mass is 35.5. The third-order valence-electron chi connectivity index (χ3n) is 2.73. The molecule has 1 rings (SSSR count). The second-order valence-electron chi connectivity index (χ2n) is 4.31. The number of benzene rings is 1. The number of nitrogens with one attached hydrogen (secondary N) is 1. The minimum atomic E-state index is 0.447. The Morgan fingerprint density at radius 2 is 1.63 bits per heavy atom. The summed E-state index contributed by atoms with van der Waals surface area (Å²) < 4.78 is 5.61. The van der Waals surface area contributed by atoms with Crippen molar-refractivity contribution in [3.63, 3.8) is 0 Å². The maximum Gasteiger partial charge on any atom is 0.139 e. The van der Waals surface area contributed by atoms with Crippen molar-refractivity contribution in [3.8, 4) is 5.75 Å². The van der Waals surface area contributed by atoms with Gasteiger partial charge in [0.15, 0.2) is 0 Å². The highest BCUT2D eigenvalue weighted by Crippen LogP contribution is 2.33. The molecule has 0 heterocycles. The van der Waals surface area contributed by atoms with Crippen LogP contribution in [0.15, 0.2) is 12.1 Å². The molecule has 0 atom stereocenters. The Bertz CT molecular complexity index is 385. The maximum atomic E-state index is 6.02. The molecule has 0 saturated carbocycles. The van der Waals surface area contributed by atoms with E-state index in [9.17, 15) is 0 Å². The van der Waals surface area contributed by atoms with E-state index < -0.39 is 0 Å². The van der Waals surface area contributed by atoms with Gasteiger partial charge in [0.1, 0.15) is 5.75 Å². The van der Waals surface area contributed by atoms with Crippen molar-refractivity contribution in [2.75, 3.05) is 19.7 Å². The van der Waals surface area contributed by atoms with Crippen molar-refractivity contribution in [2.24, 2.45) is 0 Å². The molecule has 0 radical (unpaired) electrons. The molecule has 0 aliphatic rings. The zero-order valence-corrected chi connectivity index (χ0v) is 13.4. The molecule has 0 aromatic heterocycles. The quantitative estimate of drug-likeness (QED) is 0.498. The molecule has 5 heteroatoms. The molecule has 108 valence electrons. The molecule has 19 heavy (non-hydrogen) atoms. The molecule has 0 unspecified atom stereocenters. The van der Waals surface area contributed by atoms with Crippen molar-refractivity contribution < 1.29 is 4.74 Å².